The third-order valence-corrected chi connectivity index (χ3v) is 10.5. The van der Waals surface area contributed by atoms with Gasteiger partial charge in [0.15, 0.2) is 17.2 Å². The molecule has 0 bridgehead atoms. The monoisotopic (exact) mass is 560 g/mol. The Balaban J connectivity index is 1.55. The van der Waals surface area contributed by atoms with Crippen molar-refractivity contribution in [2.75, 3.05) is 0 Å². The summed E-state index contributed by atoms with van der Waals surface area (Å²) >= 11 is 0. The SMILES string of the molecule is CC(C)[C@H]1C(O)[C@@H](C(N)=O)C(=O)[C@]2(O)C(O)[C@H]3C(=O)c4c(O)ccc(-c5cc6ccccc6[nH]5)c4C[C@]3(C)C[C@]12C. The van der Waals surface area contributed by atoms with Crippen LogP contribution in [0.5, 0.6) is 5.75 Å². The van der Waals surface area contributed by atoms with Crippen molar-refractivity contribution in [2.45, 2.75) is 58.3 Å². The average molecular weight is 561 g/mol. The van der Waals surface area contributed by atoms with Crippen molar-refractivity contribution >= 4 is 28.4 Å². The molecule has 3 aliphatic rings. The lowest BCUT2D eigenvalue weighted by atomic mass is 9.39. The number of H-pyrrole nitrogens is 1. The van der Waals surface area contributed by atoms with E-state index in [4.69, 9.17) is 5.73 Å². The van der Waals surface area contributed by atoms with Crippen LogP contribution in [0.4, 0.5) is 0 Å². The molecule has 3 aromatic rings. The third-order valence-electron chi connectivity index (χ3n) is 10.5. The van der Waals surface area contributed by atoms with Gasteiger partial charge in [0.2, 0.25) is 5.91 Å². The minimum Gasteiger partial charge on any atom is -0.507 e. The zero-order chi connectivity index (χ0) is 29.8. The topological polar surface area (TPSA) is 174 Å². The van der Waals surface area contributed by atoms with Gasteiger partial charge in [0, 0.05) is 27.6 Å². The zero-order valence-electron chi connectivity index (χ0n) is 23.5. The number of phenols is 1. The van der Waals surface area contributed by atoms with Gasteiger partial charge in [-0.2, -0.15) is 0 Å². The largest absolute Gasteiger partial charge is 0.507 e. The molecule has 3 aliphatic carbocycles. The summed E-state index contributed by atoms with van der Waals surface area (Å²) in [6.07, 6.45) is -3.00. The number of phenolic OH excluding ortho intramolecular Hbond substituents is 1. The highest BCUT2D eigenvalue weighted by Gasteiger charge is 2.75. The van der Waals surface area contributed by atoms with Crippen LogP contribution in [-0.4, -0.2) is 60.7 Å². The van der Waals surface area contributed by atoms with Gasteiger partial charge in [-0.15, -0.1) is 0 Å². The van der Waals surface area contributed by atoms with Gasteiger partial charge in [0.25, 0.3) is 0 Å². The number of benzene rings is 2. The van der Waals surface area contributed by atoms with E-state index < -0.39 is 63.9 Å². The quantitative estimate of drug-likeness (QED) is 0.267. The maximum atomic E-state index is 14.3. The Labute approximate surface area is 237 Å². The van der Waals surface area contributed by atoms with Crippen LogP contribution in [0.15, 0.2) is 42.5 Å². The molecule has 7 N–H and O–H groups in total. The second-order valence-corrected chi connectivity index (χ2v) is 13.2. The Hall–Kier alpha value is -3.53. The van der Waals surface area contributed by atoms with Crippen LogP contribution in [0, 0.1) is 34.5 Å². The maximum absolute atomic E-state index is 14.3. The summed E-state index contributed by atoms with van der Waals surface area (Å²) in [5, 5.41) is 47.3. The summed E-state index contributed by atoms with van der Waals surface area (Å²) < 4.78 is 0. The molecular formula is C32H36N2O7. The predicted molar refractivity (Wildman–Crippen MR) is 151 cm³/mol. The molecule has 6 rings (SSSR count). The first-order chi connectivity index (χ1) is 19.2. The molecule has 1 heterocycles. The van der Waals surface area contributed by atoms with Gasteiger partial charge in [-0.1, -0.05) is 45.9 Å². The van der Waals surface area contributed by atoms with E-state index in [1.165, 1.54) is 6.07 Å². The number of aromatic amines is 1. The van der Waals surface area contributed by atoms with Crippen LogP contribution >= 0.6 is 0 Å². The lowest BCUT2D eigenvalue weighted by molar-refractivity contribution is -0.265. The fourth-order valence-electron chi connectivity index (χ4n) is 9.00. The first-order valence-corrected chi connectivity index (χ1v) is 14.1. The summed E-state index contributed by atoms with van der Waals surface area (Å²) in [5.74, 6) is -7.07. The molecule has 0 aliphatic heterocycles. The minimum atomic E-state index is -2.53. The van der Waals surface area contributed by atoms with Crippen molar-refractivity contribution in [1.29, 1.82) is 0 Å². The van der Waals surface area contributed by atoms with Gasteiger partial charge in [-0.25, -0.2) is 0 Å². The molecule has 0 spiro atoms. The van der Waals surface area contributed by atoms with Crippen molar-refractivity contribution in [3.05, 3.63) is 53.6 Å². The van der Waals surface area contributed by atoms with E-state index in [9.17, 15) is 34.8 Å². The van der Waals surface area contributed by atoms with E-state index in [0.717, 1.165) is 22.2 Å². The fraction of sp³-hybridized carbons (Fsp3) is 0.469. The van der Waals surface area contributed by atoms with E-state index in [2.05, 4.69) is 4.98 Å². The summed E-state index contributed by atoms with van der Waals surface area (Å²) in [6, 6.07) is 12.9. The van der Waals surface area contributed by atoms with Crippen molar-refractivity contribution < 1.29 is 34.8 Å². The Kier molecular flexibility index (Phi) is 5.89. The smallest absolute Gasteiger partial charge is 0.230 e. The number of aromatic hydroxyl groups is 1. The number of aliphatic hydroxyl groups is 3. The highest BCUT2D eigenvalue weighted by Crippen LogP contribution is 2.66. The van der Waals surface area contributed by atoms with Gasteiger partial charge in [0.05, 0.1) is 17.6 Å². The molecule has 41 heavy (non-hydrogen) atoms. The van der Waals surface area contributed by atoms with Crippen molar-refractivity contribution in [2.24, 2.45) is 40.2 Å². The minimum absolute atomic E-state index is 0.0463. The number of fused-ring (bicyclic) bond motifs is 4. The second-order valence-electron chi connectivity index (χ2n) is 13.2. The number of hydrogen-bond donors (Lipinski definition) is 6. The van der Waals surface area contributed by atoms with Crippen LogP contribution in [0.1, 0.15) is 50.0 Å². The standard InChI is InChI=1S/C32H36N2O7/c1-14(2)23-26(37)22(29(33)40)27(38)32(41)28(39)24-25(36)21-17(12-30(24,3)13-31(23,32)4)16(9-10-20(21)35)19-11-15-7-5-6-8-18(15)34-19/h5-11,14,22-24,26,28,34-35,37,39,41H,12-13H2,1-4H3,(H2,33,40)/t22-,23+,24-,26?,28?,30-,31-,32+/m1/s1. The highest BCUT2D eigenvalue weighted by atomic mass is 16.4. The average Bonchev–Trinajstić information content (AvgIpc) is 3.30. The Morgan fingerprint density at radius 1 is 1.10 bits per heavy atom. The van der Waals surface area contributed by atoms with E-state index in [0.29, 0.717) is 5.56 Å². The number of nitrogens with one attached hydrogen (secondary N) is 1. The third kappa shape index (κ3) is 3.43. The molecule has 0 radical (unpaired) electrons. The lowest BCUT2D eigenvalue weighted by Gasteiger charge is -2.66. The lowest BCUT2D eigenvalue weighted by Crippen LogP contribution is -2.79. The van der Waals surface area contributed by atoms with Crippen LogP contribution in [0.25, 0.3) is 22.2 Å². The Bertz CT molecular complexity index is 1590. The first-order valence-electron chi connectivity index (χ1n) is 14.1. The van der Waals surface area contributed by atoms with Crippen molar-refractivity contribution in [3.8, 4) is 17.0 Å². The molecule has 2 fully saturated rings. The molecule has 216 valence electrons. The molecular weight excluding hydrogens is 524 g/mol. The van der Waals surface area contributed by atoms with Gasteiger partial charge in [0.1, 0.15) is 17.8 Å². The van der Waals surface area contributed by atoms with E-state index in [-0.39, 0.29) is 30.1 Å². The first kappa shape index (κ1) is 27.6. The van der Waals surface area contributed by atoms with Gasteiger partial charge >= 0.3 is 0 Å². The zero-order valence-corrected chi connectivity index (χ0v) is 23.5. The molecule has 9 nitrogen and oxygen atoms in total. The molecule has 2 unspecified atom stereocenters. The number of hydrogen-bond acceptors (Lipinski definition) is 7. The molecule has 1 aromatic heterocycles. The molecule has 1 amide bonds. The fourth-order valence-corrected chi connectivity index (χ4v) is 9.00. The summed E-state index contributed by atoms with van der Waals surface area (Å²) in [5.41, 5.74) is 3.72. The molecule has 2 saturated carbocycles. The molecule has 2 aromatic carbocycles. The molecule has 8 atom stereocenters. The van der Waals surface area contributed by atoms with Crippen LogP contribution < -0.4 is 5.73 Å². The Morgan fingerprint density at radius 2 is 1.78 bits per heavy atom. The van der Waals surface area contributed by atoms with E-state index >= 15 is 0 Å². The number of Topliss-reactive ketones (excluding diaryl/α,β-unsaturated/α-hetero) is 2. The summed E-state index contributed by atoms with van der Waals surface area (Å²) in [6.45, 7) is 7.14. The Morgan fingerprint density at radius 3 is 2.41 bits per heavy atom. The predicted octanol–water partition coefficient (Wildman–Crippen LogP) is 2.72. The van der Waals surface area contributed by atoms with E-state index in [1.807, 2.05) is 51.1 Å². The van der Waals surface area contributed by atoms with Crippen molar-refractivity contribution in [1.82, 2.24) is 4.98 Å². The molecule has 9 heteroatoms. The summed E-state index contributed by atoms with van der Waals surface area (Å²) in [4.78, 5) is 43.8. The van der Waals surface area contributed by atoms with Gasteiger partial charge < -0.3 is 31.1 Å². The number of ketones is 2. The number of primary amides is 1. The number of rotatable bonds is 3. The van der Waals surface area contributed by atoms with Gasteiger partial charge in [-0.05, 0) is 59.9 Å². The number of para-hydroxylation sites is 1. The second kappa shape index (κ2) is 8.74. The number of carbonyl (C=O) groups excluding carboxylic acids is 3. The molecule has 0 saturated heterocycles. The van der Waals surface area contributed by atoms with Gasteiger partial charge in [-0.3, -0.25) is 14.4 Å². The van der Waals surface area contributed by atoms with Crippen LogP contribution in [0.3, 0.4) is 0 Å². The summed E-state index contributed by atoms with van der Waals surface area (Å²) in [7, 11) is 0. The van der Waals surface area contributed by atoms with Crippen LogP contribution in [0.2, 0.25) is 0 Å². The number of amides is 1. The van der Waals surface area contributed by atoms with Crippen LogP contribution in [-0.2, 0) is 16.0 Å². The number of aliphatic hydroxyl groups excluding tert-OH is 2. The number of aromatic nitrogens is 1. The highest BCUT2D eigenvalue weighted by molar-refractivity contribution is 6.09. The maximum Gasteiger partial charge on any atom is 0.230 e. The number of carbonyl (C=O) groups is 3. The normalized spacial score (nSPS) is 36.6. The number of nitrogens with two attached hydrogens (primary N) is 1. The van der Waals surface area contributed by atoms with Crippen molar-refractivity contribution in [3.63, 3.8) is 0 Å². The van der Waals surface area contributed by atoms with E-state index in [1.54, 1.807) is 13.0 Å².